The third-order valence-electron chi connectivity index (χ3n) is 6.64. The molecule has 198 valence electrons. The molecular weight excluding hydrogens is 823 g/mol. The summed E-state index contributed by atoms with van der Waals surface area (Å²) in [6, 6.07) is 15.7. The average Bonchev–Trinajstić information content (AvgIpc) is 3.79. The van der Waals surface area contributed by atoms with E-state index >= 15 is 0 Å². The summed E-state index contributed by atoms with van der Waals surface area (Å²) in [6.07, 6.45) is 1.37. The van der Waals surface area contributed by atoms with E-state index in [9.17, 15) is 10.2 Å². The fraction of sp³-hybridized carbons (Fsp3) is 0.333. The zero-order valence-corrected chi connectivity index (χ0v) is 28.6. The molecule has 3 aromatic carbocycles. The molecule has 3 unspecified atom stereocenters. The maximum absolute atomic E-state index is 9.85. The van der Waals surface area contributed by atoms with E-state index in [0.717, 1.165) is 28.6 Å². The van der Waals surface area contributed by atoms with Gasteiger partial charge in [0.2, 0.25) is 0 Å². The van der Waals surface area contributed by atoms with Gasteiger partial charge in [-0.1, -0.05) is 48.0 Å². The SMILES string of the molecule is CC(C)(c1cc(Br)c(O)c(Br)c1)c1cc(Br)c(O)c(Br)c1.ClCC1(CC2CO2)OC1c1ccccc1Br. The molecule has 2 N–H and O–H groups in total. The van der Waals surface area contributed by atoms with Crippen molar-refractivity contribution in [2.24, 2.45) is 0 Å². The Morgan fingerprint density at radius 3 is 1.73 bits per heavy atom. The predicted molar refractivity (Wildman–Crippen MR) is 165 cm³/mol. The second-order valence-corrected chi connectivity index (χ2v) is 14.1. The second kappa shape index (κ2) is 11.8. The predicted octanol–water partition coefficient (Wildman–Crippen LogP) is 9.76. The van der Waals surface area contributed by atoms with Crippen LogP contribution in [-0.4, -0.2) is 34.4 Å². The molecule has 0 aliphatic carbocycles. The summed E-state index contributed by atoms with van der Waals surface area (Å²) in [7, 11) is 0. The molecule has 2 heterocycles. The Morgan fingerprint density at radius 1 is 0.865 bits per heavy atom. The Morgan fingerprint density at radius 2 is 1.32 bits per heavy atom. The lowest BCUT2D eigenvalue weighted by Crippen LogP contribution is -2.19. The van der Waals surface area contributed by atoms with Crippen molar-refractivity contribution >= 4 is 91.3 Å². The van der Waals surface area contributed by atoms with Crippen LogP contribution in [-0.2, 0) is 14.9 Å². The Kier molecular flexibility index (Phi) is 9.49. The Labute approximate surface area is 263 Å². The van der Waals surface area contributed by atoms with Crippen LogP contribution in [0.4, 0.5) is 0 Å². The van der Waals surface area contributed by atoms with Gasteiger partial charge in [0.25, 0.3) is 0 Å². The minimum Gasteiger partial charge on any atom is -0.506 e. The van der Waals surface area contributed by atoms with Gasteiger partial charge in [0.1, 0.15) is 23.2 Å². The number of halogens is 6. The van der Waals surface area contributed by atoms with Crippen LogP contribution in [0.15, 0.2) is 70.9 Å². The number of ether oxygens (including phenoxy) is 2. The highest BCUT2D eigenvalue weighted by atomic mass is 79.9. The molecule has 10 heteroatoms. The lowest BCUT2D eigenvalue weighted by molar-refractivity contribution is 0.273. The number of rotatable bonds is 6. The topological polar surface area (TPSA) is 65.5 Å². The molecule has 2 fully saturated rings. The molecule has 37 heavy (non-hydrogen) atoms. The van der Waals surface area contributed by atoms with Crippen molar-refractivity contribution in [3.63, 3.8) is 0 Å². The van der Waals surface area contributed by atoms with Gasteiger partial charge in [-0.3, -0.25) is 0 Å². The number of alkyl halides is 1. The molecule has 0 amide bonds. The van der Waals surface area contributed by atoms with Gasteiger partial charge in [0.15, 0.2) is 0 Å². The van der Waals surface area contributed by atoms with Gasteiger partial charge >= 0.3 is 0 Å². The normalized spacial score (nSPS) is 22.3. The van der Waals surface area contributed by atoms with E-state index in [4.69, 9.17) is 21.1 Å². The largest absolute Gasteiger partial charge is 0.506 e. The van der Waals surface area contributed by atoms with Crippen molar-refractivity contribution in [1.82, 2.24) is 0 Å². The van der Waals surface area contributed by atoms with Gasteiger partial charge < -0.3 is 19.7 Å². The van der Waals surface area contributed by atoms with Gasteiger partial charge in [-0.25, -0.2) is 0 Å². The third kappa shape index (κ3) is 6.62. The van der Waals surface area contributed by atoms with E-state index in [1.54, 1.807) is 0 Å². The summed E-state index contributed by atoms with van der Waals surface area (Å²) < 4.78 is 14.7. The van der Waals surface area contributed by atoms with Crippen molar-refractivity contribution in [1.29, 1.82) is 0 Å². The molecule has 3 aromatic rings. The molecule has 2 aliphatic rings. The highest BCUT2D eigenvalue weighted by Crippen LogP contribution is 2.55. The minimum absolute atomic E-state index is 0.116. The highest BCUT2D eigenvalue weighted by Gasteiger charge is 2.59. The number of phenols is 2. The van der Waals surface area contributed by atoms with E-state index in [-0.39, 0.29) is 28.6 Å². The van der Waals surface area contributed by atoms with Crippen LogP contribution in [0.3, 0.4) is 0 Å². The Hall–Kier alpha value is -0.130. The van der Waals surface area contributed by atoms with Gasteiger partial charge in [0.05, 0.1) is 36.5 Å². The molecule has 5 rings (SSSR count). The van der Waals surface area contributed by atoms with E-state index in [0.29, 0.717) is 29.9 Å². The quantitative estimate of drug-likeness (QED) is 0.192. The smallest absolute Gasteiger partial charge is 0.143 e. The molecule has 0 spiro atoms. The number of hydrogen-bond donors (Lipinski definition) is 2. The zero-order valence-electron chi connectivity index (χ0n) is 19.9. The van der Waals surface area contributed by atoms with Gasteiger partial charge in [0, 0.05) is 16.3 Å². The van der Waals surface area contributed by atoms with Crippen molar-refractivity contribution < 1.29 is 19.7 Å². The number of hydrogen-bond acceptors (Lipinski definition) is 4. The van der Waals surface area contributed by atoms with Crippen LogP contribution in [0.1, 0.15) is 43.1 Å². The molecule has 4 nitrogen and oxygen atoms in total. The van der Waals surface area contributed by atoms with Gasteiger partial charge in [-0.15, -0.1) is 11.6 Å². The van der Waals surface area contributed by atoms with Gasteiger partial charge in [-0.2, -0.15) is 0 Å². The standard InChI is InChI=1S/C15H12Br4O2.C12H12BrClO2/c1-15(2,7-3-9(16)13(20)10(17)4-7)8-5-11(18)14(21)12(19)6-8;13-10-4-2-1-3-9(10)11-12(7-14,16-11)5-8-6-15-8/h3-6,20-21H,1-2H3;1-4,8,11H,5-7H2. The first-order valence-corrected chi connectivity index (χ1v) is 15.9. The monoisotopic (exact) mass is 842 g/mol. The van der Waals surface area contributed by atoms with Gasteiger partial charge in [-0.05, 0) is 111 Å². The van der Waals surface area contributed by atoms with E-state index in [1.807, 2.05) is 42.5 Å². The van der Waals surface area contributed by atoms with E-state index < -0.39 is 0 Å². The summed E-state index contributed by atoms with van der Waals surface area (Å²) in [5.74, 6) is 0.893. The average molecular weight is 847 g/mol. The molecular formula is C27H24Br5ClO4. The fourth-order valence-electron chi connectivity index (χ4n) is 4.14. The second-order valence-electron chi connectivity index (χ2n) is 9.58. The summed E-state index contributed by atoms with van der Waals surface area (Å²) in [4.78, 5) is 0. The Balaban J connectivity index is 0.000000179. The molecule has 0 saturated carbocycles. The Bertz CT molecular complexity index is 1210. The van der Waals surface area contributed by atoms with Crippen LogP contribution in [0.25, 0.3) is 0 Å². The van der Waals surface area contributed by atoms with Crippen LogP contribution in [0, 0.1) is 0 Å². The molecule has 0 bridgehead atoms. The van der Waals surface area contributed by atoms with Crippen molar-refractivity contribution in [3.05, 3.63) is 87.6 Å². The summed E-state index contributed by atoms with van der Waals surface area (Å²) in [5, 5.41) is 19.7. The van der Waals surface area contributed by atoms with Crippen LogP contribution in [0.2, 0.25) is 0 Å². The van der Waals surface area contributed by atoms with Crippen molar-refractivity contribution in [3.8, 4) is 11.5 Å². The fourth-order valence-corrected chi connectivity index (χ4v) is 7.32. The van der Waals surface area contributed by atoms with E-state index in [2.05, 4.69) is 99.6 Å². The van der Waals surface area contributed by atoms with Crippen molar-refractivity contribution in [2.75, 3.05) is 12.5 Å². The summed E-state index contributed by atoms with van der Waals surface area (Å²) >= 11 is 23.0. The summed E-state index contributed by atoms with van der Waals surface area (Å²) in [5.41, 5.74) is 2.74. The highest BCUT2D eigenvalue weighted by molar-refractivity contribution is 9.11. The number of aromatic hydroxyl groups is 2. The van der Waals surface area contributed by atoms with Crippen LogP contribution >= 0.6 is 91.3 Å². The lowest BCUT2D eigenvalue weighted by atomic mass is 9.78. The first-order valence-electron chi connectivity index (χ1n) is 11.4. The maximum atomic E-state index is 9.85. The maximum Gasteiger partial charge on any atom is 0.143 e. The van der Waals surface area contributed by atoms with Crippen molar-refractivity contribution in [2.45, 2.75) is 43.5 Å². The lowest BCUT2D eigenvalue weighted by Gasteiger charge is -2.27. The first kappa shape index (κ1) is 29.8. The number of epoxide rings is 2. The number of phenolic OH excluding ortho intramolecular Hbond substituents is 2. The van der Waals surface area contributed by atoms with Crippen LogP contribution < -0.4 is 0 Å². The first-order chi connectivity index (χ1) is 17.4. The molecule has 3 atom stereocenters. The molecule has 0 radical (unpaired) electrons. The molecule has 2 aliphatic heterocycles. The van der Waals surface area contributed by atoms with E-state index in [1.165, 1.54) is 5.56 Å². The summed E-state index contributed by atoms with van der Waals surface area (Å²) in [6.45, 7) is 5.03. The zero-order chi connectivity index (χ0) is 27.1. The minimum atomic E-state index is -0.308. The third-order valence-corrected chi connectivity index (χ3v) is 10.2. The molecule has 0 aromatic heterocycles. The van der Waals surface area contributed by atoms with Crippen LogP contribution in [0.5, 0.6) is 11.5 Å². The molecule has 2 saturated heterocycles. The number of benzene rings is 3.